The van der Waals surface area contributed by atoms with Crippen LogP contribution in [0.15, 0.2) is 53.4 Å². The molecular weight excluding hydrogens is 354 g/mol. The first-order valence-electron chi connectivity index (χ1n) is 8.16. The molecule has 0 atom stereocenters. The van der Waals surface area contributed by atoms with Gasteiger partial charge in [-0.3, -0.25) is 9.59 Å². The number of carbonyl (C=O) groups excluding carboxylic acids is 2. The van der Waals surface area contributed by atoms with Gasteiger partial charge in [-0.1, -0.05) is 13.0 Å². The Balaban J connectivity index is 2.14. The molecule has 0 aliphatic carbocycles. The lowest BCUT2D eigenvalue weighted by atomic mass is 10.1. The Labute approximate surface area is 152 Å². The molecule has 0 fully saturated rings. The van der Waals surface area contributed by atoms with Crippen molar-refractivity contribution in [2.45, 2.75) is 18.7 Å². The lowest BCUT2D eigenvalue weighted by molar-refractivity contribution is 0.0955. The molecule has 26 heavy (non-hydrogen) atoms. The highest BCUT2D eigenvalue weighted by Crippen LogP contribution is 2.15. The van der Waals surface area contributed by atoms with Crippen molar-refractivity contribution in [3.63, 3.8) is 0 Å². The number of hydrogen-bond donors (Lipinski definition) is 3. The standard InChI is InChI=1S/C18H21N3O4S/c1-3-19-17(22)13-8-10-15(11-9-13)21-18(23)14-6-5-7-16(12-14)26(24,25)20-4-2/h5-12,20H,3-4H2,1-2H3,(H,19,22)(H,21,23). The molecule has 0 spiro atoms. The largest absolute Gasteiger partial charge is 0.352 e. The van der Waals surface area contributed by atoms with Crippen LogP contribution in [0.4, 0.5) is 5.69 Å². The summed E-state index contributed by atoms with van der Waals surface area (Å²) in [5.74, 6) is -0.629. The van der Waals surface area contributed by atoms with Gasteiger partial charge in [0.1, 0.15) is 0 Å². The molecule has 0 radical (unpaired) electrons. The van der Waals surface area contributed by atoms with E-state index in [-0.39, 0.29) is 22.9 Å². The normalized spacial score (nSPS) is 11.0. The van der Waals surface area contributed by atoms with E-state index in [1.54, 1.807) is 31.2 Å². The Morgan fingerprint density at radius 2 is 1.58 bits per heavy atom. The number of benzene rings is 2. The molecule has 3 N–H and O–H groups in total. The number of anilines is 1. The van der Waals surface area contributed by atoms with E-state index in [1.165, 1.54) is 24.3 Å². The second kappa shape index (κ2) is 8.59. The highest BCUT2D eigenvalue weighted by atomic mass is 32.2. The van der Waals surface area contributed by atoms with Gasteiger partial charge in [0.05, 0.1) is 4.90 Å². The van der Waals surface area contributed by atoms with E-state index in [1.807, 2.05) is 6.92 Å². The highest BCUT2D eigenvalue weighted by molar-refractivity contribution is 7.89. The van der Waals surface area contributed by atoms with Crippen LogP contribution in [0.2, 0.25) is 0 Å². The lowest BCUT2D eigenvalue weighted by Gasteiger charge is -2.09. The fraction of sp³-hybridized carbons (Fsp3) is 0.222. The number of amides is 2. The maximum atomic E-state index is 12.4. The molecule has 0 aromatic heterocycles. The zero-order valence-electron chi connectivity index (χ0n) is 14.6. The first kappa shape index (κ1) is 19.6. The summed E-state index contributed by atoms with van der Waals surface area (Å²) in [4.78, 5) is 24.1. The molecule has 0 unspecified atom stereocenters. The summed E-state index contributed by atoms with van der Waals surface area (Å²) in [5.41, 5.74) is 1.21. The van der Waals surface area contributed by atoms with Crippen molar-refractivity contribution in [1.29, 1.82) is 0 Å². The molecule has 0 saturated heterocycles. The minimum absolute atomic E-state index is 0.0265. The van der Waals surface area contributed by atoms with Gasteiger partial charge < -0.3 is 10.6 Å². The average Bonchev–Trinajstić information content (AvgIpc) is 2.62. The van der Waals surface area contributed by atoms with Gasteiger partial charge in [-0.15, -0.1) is 0 Å². The summed E-state index contributed by atoms with van der Waals surface area (Å²) >= 11 is 0. The van der Waals surface area contributed by atoms with Crippen molar-refractivity contribution in [2.24, 2.45) is 0 Å². The molecule has 7 nitrogen and oxygen atoms in total. The van der Waals surface area contributed by atoms with Crippen LogP contribution in [0.1, 0.15) is 34.6 Å². The zero-order valence-corrected chi connectivity index (χ0v) is 15.4. The van der Waals surface area contributed by atoms with Crippen molar-refractivity contribution in [3.05, 3.63) is 59.7 Å². The van der Waals surface area contributed by atoms with Crippen LogP contribution in [0.3, 0.4) is 0 Å². The van der Waals surface area contributed by atoms with Gasteiger partial charge in [-0.05, 0) is 49.4 Å². The van der Waals surface area contributed by atoms with Gasteiger partial charge in [0.2, 0.25) is 10.0 Å². The Kier molecular flexibility index (Phi) is 6.48. The third-order valence-corrected chi connectivity index (χ3v) is 5.03. The van der Waals surface area contributed by atoms with Crippen LogP contribution < -0.4 is 15.4 Å². The summed E-state index contributed by atoms with van der Waals surface area (Å²) in [7, 11) is -3.63. The van der Waals surface area contributed by atoms with Gasteiger partial charge >= 0.3 is 0 Å². The number of hydrogen-bond acceptors (Lipinski definition) is 4. The van der Waals surface area contributed by atoms with Crippen LogP contribution in [-0.2, 0) is 10.0 Å². The van der Waals surface area contributed by atoms with E-state index in [2.05, 4.69) is 15.4 Å². The van der Waals surface area contributed by atoms with Crippen molar-refractivity contribution >= 4 is 27.5 Å². The summed E-state index contributed by atoms with van der Waals surface area (Å²) in [5, 5.41) is 5.37. The summed E-state index contributed by atoms with van der Waals surface area (Å²) < 4.78 is 26.5. The number of nitrogens with one attached hydrogen (secondary N) is 3. The maximum absolute atomic E-state index is 12.4. The monoisotopic (exact) mass is 375 g/mol. The van der Waals surface area contributed by atoms with Crippen LogP contribution in [-0.4, -0.2) is 33.3 Å². The van der Waals surface area contributed by atoms with E-state index >= 15 is 0 Å². The van der Waals surface area contributed by atoms with E-state index in [0.29, 0.717) is 17.8 Å². The first-order chi connectivity index (χ1) is 12.4. The van der Waals surface area contributed by atoms with Crippen molar-refractivity contribution in [3.8, 4) is 0 Å². The number of sulfonamides is 1. The Morgan fingerprint density at radius 3 is 2.19 bits per heavy atom. The van der Waals surface area contributed by atoms with E-state index in [4.69, 9.17) is 0 Å². The Bertz CT molecular complexity index is 893. The number of rotatable bonds is 7. The van der Waals surface area contributed by atoms with E-state index in [9.17, 15) is 18.0 Å². The third-order valence-electron chi connectivity index (χ3n) is 3.48. The molecule has 2 rings (SSSR count). The molecule has 0 heterocycles. The Hall–Kier alpha value is -2.71. The van der Waals surface area contributed by atoms with Crippen LogP contribution in [0, 0.1) is 0 Å². The van der Waals surface area contributed by atoms with E-state index < -0.39 is 15.9 Å². The van der Waals surface area contributed by atoms with Crippen molar-refractivity contribution < 1.29 is 18.0 Å². The Morgan fingerprint density at radius 1 is 0.885 bits per heavy atom. The predicted molar refractivity (Wildman–Crippen MR) is 99.7 cm³/mol. The van der Waals surface area contributed by atoms with Crippen LogP contribution in [0.5, 0.6) is 0 Å². The molecule has 2 aromatic rings. The minimum atomic E-state index is -3.63. The fourth-order valence-corrected chi connectivity index (χ4v) is 3.34. The van der Waals surface area contributed by atoms with E-state index in [0.717, 1.165) is 0 Å². The van der Waals surface area contributed by atoms with Gasteiger partial charge in [0, 0.05) is 29.9 Å². The molecule has 2 aromatic carbocycles. The summed E-state index contributed by atoms with van der Waals surface area (Å²) in [6.45, 7) is 4.30. The molecule has 0 saturated carbocycles. The topological polar surface area (TPSA) is 104 Å². The molecule has 2 amide bonds. The highest BCUT2D eigenvalue weighted by Gasteiger charge is 2.15. The van der Waals surface area contributed by atoms with Gasteiger partial charge in [0.25, 0.3) is 11.8 Å². The van der Waals surface area contributed by atoms with Gasteiger partial charge in [-0.25, -0.2) is 13.1 Å². The van der Waals surface area contributed by atoms with Gasteiger partial charge in [-0.2, -0.15) is 0 Å². The summed E-state index contributed by atoms with van der Waals surface area (Å²) in [6, 6.07) is 12.2. The average molecular weight is 375 g/mol. The predicted octanol–water partition coefficient (Wildman–Crippen LogP) is 1.99. The summed E-state index contributed by atoms with van der Waals surface area (Å²) in [6.07, 6.45) is 0. The molecular formula is C18H21N3O4S. The lowest BCUT2D eigenvalue weighted by Crippen LogP contribution is -2.23. The van der Waals surface area contributed by atoms with Crippen LogP contribution in [0.25, 0.3) is 0 Å². The molecule has 138 valence electrons. The molecule has 0 bridgehead atoms. The maximum Gasteiger partial charge on any atom is 0.255 e. The second-order valence-electron chi connectivity index (χ2n) is 5.42. The second-order valence-corrected chi connectivity index (χ2v) is 7.19. The van der Waals surface area contributed by atoms with Crippen LogP contribution >= 0.6 is 0 Å². The fourth-order valence-electron chi connectivity index (χ4n) is 2.25. The van der Waals surface area contributed by atoms with Gasteiger partial charge in [0.15, 0.2) is 0 Å². The quantitative estimate of drug-likeness (QED) is 0.688. The SMILES string of the molecule is CCNC(=O)c1ccc(NC(=O)c2cccc(S(=O)(=O)NCC)c2)cc1. The first-order valence-corrected chi connectivity index (χ1v) is 9.65. The zero-order chi connectivity index (χ0) is 19.2. The van der Waals surface area contributed by atoms with Crippen molar-refractivity contribution in [1.82, 2.24) is 10.0 Å². The smallest absolute Gasteiger partial charge is 0.255 e. The minimum Gasteiger partial charge on any atom is -0.352 e. The molecule has 0 aliphatic rings. The third kappa shape index (κ3) is 4.90. The number of carbonyl (C=O) groups is 2. The van der Waals surface area contributed by atoms with Crippen molar-refractivity contribution in [2.75, 3.05) is 18.4 Å². The molecule has 8 heteroatoms. The molecule has 0 aliphatic heterocycles.